The molecule has 0 bridgehead atoms. The molecular weight excluding hydrogens is 257 g/mol. The van der Waals surface area contributed by atoms with Gasteiger partial charge in [0.2, 0.25) is 0 Å². The topological polar surface area (TPSA) is 0 Å². The summed E-state index contributed by atoms with van der Waals surface area (Å²) >= 11 is 9.80. The first-order valence-electron chi connectivity index (χ1n) is 5.05. The molecular formula is C14H14MgS2. The average molecular weight is 271 g/mol. The van der Waals surface area contributed by atoms with E-state index in [1.165, 1.54) is 11.1 Å². The van der Waals surface area contributed by atoms with Crippen LogP contribution in [0.4, 0.5) is 0 Å². The van der Waals surface area contributed by atoms with Gasteiger partial charge in [0.15, 0.2) is 0 Å². The maximum absolute atomic E-state index is 4.90. The van der Waals surface area contributed by atoms with Crippen LogP contribution in [-0.2, 0) is 25.3 Å². The molecule has 0 amide bonds. The Hall–Kier alpha value is -0.354. The molecule has 2 aromatic rings. The molecule has 0 spiro atoms. The van der Waals surface area contributed by atoms with E-state index < -0.39 is 0 Å². The Morgan fingerprint density at radius 3 is 1.24 bits per heavy atom. The summed E-state index contributed by atoms with van der Waals surface area (Å²) in [4.78, 5) is 1.84. The Balaban J connectivity index is 0.000000284. The molecule has 0 aliphatic carbocycles. The van der Waals surface area contributed by atoms with Gasteiger partial charge in [0.1, 0.15) is 0 Å². The van der Waals surface area contributed by atoms with Gasteiger partial charge in [0.05, 0.1) is 0 Å². The summed E-state index contributed by atoms with van der Waals surface area (Å²) in [6, 6.07) is 15.8. The van der Waals surface area contributed by atoms with Crippen molar-refractivity contribution in [1.29, 1.82) is 0 Å². The molecule has 0 unspecified atom stereocenters. The smallest absolute Gasteiger partial charge is 0.780 e. The van der Waals surface area contributed by atoms with Crippen LogP contribution in [0.15, 0.2) is 58.3 Å². The first-order chi connectivity index (χ1) is 7.58. The summed E-state index contributed by atoms with van der Waals surface area (Å²) in [5.74, 6) is 0. The van der Waals surface area contributed by atoms with Crippen LogP contribution in [0.5, 0.6) is 0 Å². The minimum absolute atomic E-state index is 0. The van der Waals surface area contributed by atoms with Crippen molar-refractivity contribution in [3.05, 3.63) is 59.7 Å². The predicted molar refractivity (Wildman–Crippen MR) is 79.4 cm³/mol. The van der Waals surface area contributed by atoms with Gasteiger partial charge in [-0.3, -0.25) is 0 Å². The fraction of sp³-hybridized carbons (Fsp3) is 0.143. The van der Waals surface area contributed by atoms with E-state index in [1.807, 2.05) is 62.4 Å². The minimum Gasteiger partial charge on any atom is -0.780 e. The SMILES string of the molecule is Cc1cccc([S-])c1.Cc1cccc([S-])c1.[Mg+2]. The molecule has 0 atom stereocenters. The largest absolute Gasteiger partial charge is 2.00 e. The van der Waals surface area contributed by atoms with Gasteiger partial charge in [-0.1, -0.05) is 59.7 Å². The quantitative estimate of drug-likeness (QED) is 0.531. The van der Waals surface area contributed by atoms with E-state index in [1.54, 1.807) is 0 Å². The van der Waals surface area contributed by atoms with Crippen LogP contribution < -0.4 is 0 Å². The van der Waals surface area contributed by atoms with Gasteiger partial charge in [-0.25, -0.2) is 0 Å². The van der Waals surface area contributed by atoms with Crippen molar-refractivity contribution >= 4 is 48.3 Å². The molecule has 2 rings (SSSR count). The molecule has 0 aliphatic heterocycles. The summed E-state index contributed by atoms with van der Waals surface area (Å²) in [5, 5.41) is 0. The van der Waals surface area contributed by atoms with Crippen LogP contribution >= 0.6 is 0 Å². The molecule has 84 valence electrons. The second-order valence-electron chi connectivity index (χ2n) is 3.63. The zero-order valence-electron chi connectivity index (χ0n) is 10.1. The molecule has 0 heterocycles. The fourth-order valence-corrected chi connectivity index (χ4v) is 1.76. The molecule has 0 saturated carbocycles. The van der Waals surface area contributed by atoms with Crippen LogP contribution in [0.1, 0.15) is 11.1 Å². The molecule has 2 aromatic carbocycles. The Bertz CT molecular complexity index is 377. The molecule has 0 fully saturated rings. The Morgan fingerprint density at radius 1 is 0.706 bits per heavy atom. The van der Waals surface area contributed by atoms with Crippen molar-refractivity contribution < 1.29 is 0 Å². The van der Waals surface area contributed by atoms with Crippen molar-refractivity contribution in [2.45, 2.75) is 23.6 Å². The number of hydrogen-bond donors (Lipinski definition) is 0. The summed E-state index contributed by atoms with van der Waals surface area (Å²) in [6.07, 6.45) is 0. The Labute approximate surface area is 131 Å². The van der Waals surface area contributed by atoms with Crippen LogP contribution in [0.2, 0.25) is 0 Å². The summed E-state index contributed by atoms with van der Waals surface area (Å²) < 4.78 is 0. The number of hydrogen-bond acceptors (Lipinski definition) is 2. The van der Waals surface area contributed by atoms with E-state index in [0.717, 1.165) is 9.79 Å². The van der Waals surface area contributed by atoms with Gasteiger partial charge in [0, 0.05) is 0 Å². The normalized spacial score (nSPS) is 8.59. The van der Waals surface area contributed by atoms with E-state index in [4.69, 9.17) is 25.3 Å². The molecule has 17 heavy (non-hydrogen) atoms. The van der Waals surface area contributed by atoms with Crippen molar-refractivity contribution in [3.8, 4) is 0 Å². The zero-order valence-corrected chi connectivity index (χ0v) is 13.2. The van der Waals surface area contributed by atoms with Crippen molar-refractivity contribution in [2.75, 3.05) is 0 Å². The number of benzene rings is 2. The third kappa shape index (κ3) is 7.55. The molecule has 3 heteroatoms. The van der Waals surface area contributed by atoms with E-state index in [9.17, 15) is 0 Å². The van der Waals surface area contributed by atoms with Crippen molar-refractivity contribution in [3.63, 3.8) is 0 Å². The average Bonchev–Trinajstić information content (AvgIpc) is 2.17. The minimum atomic E-state index is 0. The van der Waals surface area contributed by atoms with Gasteiger partial charge >= 0.3 is 23.1 Å². The van der Waals surface area contributed by atoms with Crippen molar-refractivity contribution in [2.24, 2.45) is 0 Å². The van der Waals surface area contributed by atoms with Gasteiger partial charge in [-0.15, -0.1) is 0 Å². The van der Waals surface area contributed by atoms with Crippen LogP contribution in [0.25, 0.3) is 0 Å². The summed E-state index contributed by atoms with van der Waals surface area (Å²) in [5.41, 5.74) is 2.47. The molecule has 0 aliphatic rings. The molecule has 0 saturated heterocycles. The number of aryl methyl sites for hydroxylation is 2. The van der Waals surface area contributed by atoms with Crippen molar-refractivity contribution in [1.82, 2.24) is 0 Å². The standard InChI is InChI=1S/2C7H8S.Mg/c2*1-6-3-2-4-7(8)5-6;/h2*2-5,8H,1H3;/q;;+2/p-2. The first kappa shape index (κ1) is 16.6. The van der Waals surface area contributed by atoms with Crippen LogP contribution in [0.3, 0.4) is 0 Å². The molecule has 0 N–H and O–H groups in total. The fourth-order valence-electron chi connectivity index (χ4n) is 1.23. The third-order valence-electron chi connectivity index (χ3n) is 1.98. The van der Waals surface area contributed by atoms with Crippen LogP contribution in [-0.4, -0.2) is 23.1 Å². The number of rotatable bonds is 0. The maximum atomic E-state index is 4.90. The first-order valence-corrected chi connectivity index (χ1v) is 5.87. The van der Waals surface area contributed by atoms with E-state index in [-0.39, 0.29) is 23.1 Å². The van der Waals surface area contributed by atoms with Gasteiger partial charge < -0.3 is 25.3 Å². The monoisotopic (exact) mass is 270 g/mol. The summed E-state index contributed by atoms with van der Waals surface area (Å²) in [7, 11) is 0. The second kappa shape index (κ2) is 8.70. The van der Waals surface area contributed by atoms with E-state index in [0.29, 0.717) is 0 Å². The summed E-state index contributed by atoms with van der Waals surface area (Å²) in [6.45, 7) is 4.08. The Kier molecular flexibility index (Phi) is 8.51. The molecule has 0 nitrogen and oxygen atoms in total. The zero-order chi connectivity index (χ0) is 12.0. The van der Waals surface area contributed by atoms with Crippen LogP contribution in [0, 0.1) is 13.8 Å². The predicted octanol–water partition coefficient (Wildman–Crippen LogP) is 3.42. The molecule has 0 aromatic heterocycles. The second-order valence-corrected chi connectivity index (χ2v) is 4.58. The molecule has 0 radical (unpaired) electrons. The Morgan fingerprint density at radius 2 is 1.06 bits per heavy atom. The third-order valence-corrected chi connectivity index (χ3v) is 2.49. The van der Waals surface area contributed by atoms with E-state index >= 15 is 0 Å². The van der Waals surface area contributed by atoms with Gasteiger partial charge in [-0.05, 0) is 13.8 Å². The van der Waals surface area contributed by atoms with Gasteiger partial charge in [-0.2, -0.15) is 9.79 Å². The van der Waals surface area contributed by atoms with E-state index in [2.05, 4.69) is 0 Å². The van der Waals surface area contributed by atoms with Gasteiger partial charge in [0.25, 0.3) is 0 Å². The maximum Gasteiger partial charge on any atom is 2.00 e.